The van der Waals surface area contributed by atoms with E-state index in [1.165, 1.54) is 32.6 Å². The van der Waals surface area contributed by atoms with Gasteiger partial charge in [-0.25, -0.2) is 0 Å². The normalized spacial score (nSPS) is 11.5. The predicted molar refractivity (Wildman–Crippen MR) is 163 cm³/mol. The summed E-state index contributed by atoms with van der Waals surface area (Å²) in [6.07, 6.45) is 3.37. The molecule has 3 aromatic heterocycles. The largest absolute Gasteiger partial charge is 0.309 e. The van der Waals surface area contributed by atoms with Crippen LogP contribution in [0.3, 0.4) is 0 Å². The standard InChI is InChI=1S/C36H22N4/c37-22-25-23-38-20-19-28(25)24-9-8-12-27(21-24)39-33-16-7-5-14-31(33)35-34(39)18-17-30-29-13-4-6-15-32(29)40(36(30)35)26-10-2-1-3-11-26/h1-21,23H. The van der Waals surface area contributed by atoms with Crippen molar-refractivity contribution in [2.45, 2.75) is 0 Å². The number of nitriles is 1. The molecule has 0 spiro atoms. The molecule has 4 heteroatoms. The third-order valence-electron chi connectivity index (χ3n) is 7.84. The Bertz CT molecular complexity index is 2280. The van der Waals surface area contributed by atoms with Gasteiger partial charge in [0.15, 0.2) is 0 Å². The Labute approximate surface area is 230 Å². The van der Waals surface area contributed by atoms with E-state index < -0.39 is 0 Å². The van der Waals surface area contributed by atoms with Crippen LogP contribution in [0.25, 0.3) is 66.1 Å². The summed E-state index contributed by atoms with van der Waals surface area (Å²) < 4.78 is 4.74. The van der Waals surface area contributed by atoms with Gasteiger partial charge < -0.3 is 9.13 Å². The van der Waals surface area contributed by atoms with Crippen molar-refractivity contribution in [1.29, 1.82) is 5.26 Å². The van der Waals surface area contributed by atoms with Gasteiger partial charge in [-0.1, -0.05) is 72.8 Å². The molecule has 186 valence electrons. The summed E-state index contributed by atoms with van der Waals surface area (Å²) in [5.41, 5.74) is 9.30. The van der Waals surface area contributed by atoms with Crippen LogP contribution in [0.5, 0.6) is 0 Å². The second-order valence-corrected chi connectivity index (χ2v) is 9.98. The number of aromatic nitrogens is 3. The highest BCUT2D eigenvalue weighted by Gasteiger charge is 2.20. The minimum Gasteiger partial charge on any atom is -0.309 e. The first kappa shape index (κ1) is 22.3. The number of pyridine rings is 1. The van der Waals surface area contributed by atoms with Crippen LogP contribution in [0.1, 0.15) is 5.56 Å². The second kappa shape index (κ2) is 8.69. The van der Waals surface area contributed by atoms with Crippen LogP contribution in [0.2, 0.25) is 0 Å². The Morgan fingerprint density at radius 2 is 1.30 bits per heavy atom. The number of hydrogen-bond donors (Lipinski definition) is 0. The van der Waals surface area contributed by atoms with Crippen LogP contribution in [0.4, 0.5) is 0 Å². The van der Waals surface area contributed by atoms with E-state index in [-0.39, 0.29) is 0 Å². The molecule has 0 saturated heterocycles. The predicted octanol–water partition coefficient (Wildman–Crippen LogP) is 8.81. The zero-order valence-electron chi connectivity index (χ0n) is 21.5. The van der Waals surface area contributed by atoms with Crippen molar-refractivity contribution < 1.29 is 0 Å². The Hall–Kier alpha value is -5.66. The minimum absolute atomic E-state index is 0.566. The second-order valence-electron chi connectivity index (χ2n) is 9.98. The van der Waals surface area contributed by atoms with Crippen molar-refractivity contribution in [2.24, 2.45) is 0 Å². The van der Waals surface area contributed by atoms with Gasteiger partial charge in [-0.15, -0.1) is 0 Å². The van der Waals surface area contributed by atoms with E-state index >= 15 is 0 Å². The Morgan fingerprint density at radius 1 is 0.575 bits per heavy atom. The molecule has 0 unspecified atom stereocenters. The van der Waals surface area contributed by atoms with Gasteiger partial charge in [0.1, 0.15) is 6.07 Å². The van der Waals surface area contributed by atoms with E-state index in [1.54, 1.807) is 12.4 Å². The third kappa shape index (κ3) is 3.15. The SMILES string of the molecule is N#Cc1cnccc1-c1cccc(-n2c3ccccc3c3c2ccc2c4ccccc4n(-c4ccccc4)c23)c1. The summed E-state index contributed by atoms with van der Waals surface area (Å²) in [4.78, 5) is 4.15. The molecule has 0 N–H and O–H groups in total. The molecule has 8 aromatic rings. The lowest BCUT2D eigenvalue weighted by molar-refractivity contribution is 1.17. The van der Waals surface area contributed by atoms with Gasteiger partial charge in [0.2, 0.25) is 0 Å². The molecule has 4 nitrogen and oxygen atoms in total. The fraction of sp³-hybridized carbons (Fsp3) is 0. The molecule has 0 aliphatic heterocycles. The van der Waals surface area contributed by atoms with Crippen LogP contribution < -0.4 is 0 Å². The molecule has 0 aliphatic carbocycles. The van der Waals surface area contributed by atoms with E-state index in [0.29, 0.717) is 5.56 Å². The van der Waals surface area contributed by atoms with Crippen molar-refractivity contribution >= 4 is 43.6 Å². The first-order valence-corrected chi connectivity index (χ1v) is 13.3. The van der Waals surface area contributed by atoms with Crippen LogP contribution in [-0.4, -0.2) is 14.1 Å². The number of hydrogen-bond acceptors (Lipinski definition) is 2. The lowest BCUT2D eigenvalue weighted by Crippen LogP contribution is -1.96. The first-order valence-electron chi connectivity index (χ1n) is 13.3. The van der Waals surface area contributed by atoms with Crippen molar-refractivity contribution in [3.63, 3.8) is 0 Å². The topological polar surface area (TPSA) is 46.5 Å². The lowest BCUT2D eigenvalue weighted by atomic mass is 10.0. The van der Waals surface area contributed by atoms with Gasteiger partial charge in [-0.3, -0.25) is 4.98 Å². The van der Waals surface area contributed by atoms with Crippen molar-refractivity contribution in [1.82, 2.24) is 14.1 Å². The zero-order chi connectivity index (χ0) is 26.6. The van der Waals surface area contributed by atoms with Crippen LogP contribution in [0.15, 0.2) is 134 Å². The minimum atomic E-state index is 0.566. The summed E-state index contributed by atoms with van der Waals surface area (Å²) in [7, 11) is 0. The molecular weight excluding hydrogens is 488 g/mol. The number of rotatable bonds is 3. The maximum Gasteiger partial charge on any atom is 0.101 e. The first-order chi connectivity index (χ1) is 19.8. The monoisotopic (exact) mass is 510 g/mol. The van der Waals surface area contributed by atoms with E-state index in [0.717, 1.165) is 33.5 Å². The fourth-order valence-corrected chi connectivity index (χ4v) is 6.18. The van der Waals surface area contributed by atoms with Crippen LogP contribution in [0, 0.1) is 11.3 Å². The lowest BCUT2D eigenvalue weighted by Gasteiger charge is -2.11. The Morgan fingerprint density at radius 3 is 2.12 bits per heavy atom. The van der Waals surface area contributed by atoms with Gasteiger partial charge in [-0.05, 0) is 54.1 Å². The average molecular weight is 511 g/mol. The fourth-order valence-electron chi connectivity index (χ4n) is 6.18. The molecule has 8 rings (SSSR count). The molecule has 0 radical (unpaired) electrons. The molecular formula is C36H22N4. The smallest absolute Gasteiger partial charge is 0.101 e. The molecule has 0 bridgehead atoms. The highest BCUT2D eigenvalue weighted by atomic mass is 15.0. The highest BCUT2D eigenvalue weighted by Crippen LogP contribution is 2.42. The van der Waals surface area contributed by atoms with Gasteiger partial charge in [0.25, 0.3) is 0 Å². The maximum atomic E-state index is 9.70. The summed E-state index contributed by atoms with van der Waals surface area (Å²) in [5.74, 6) is 0. The molecule has 5 aromatic carbocycles. The average Bonchev–Trinajstić information content (AvgIpc) is 3.54. The summed E-state index contributed by atoms with van der Waals surface area (Å²) in [5, 5.41) is 14.6. The molecule has 3 heterocycles. The number of para-hydroxylation sites is 3. The van der Waals surface area contributed by atoms with Crippen molar-refractivity contribution in [3.05, 3.63) is 139 Å². The molecule has 40 heavy (non-hydrogen) atoms. The van der Waals surface area contributed by atoms with Gasteiger partial charge in [-0.2, -0.15) is 5.26 Å². The quantitative estimate of drug-likeness (QED) is 0.238. The van der Waals surface area contributed by atoms with E-state index in [9.17, 15) is 5.26 Å². The zero-order valence-corrected chi connectivity index (χ0v) is 21.5. The number of nitrogens with zero attached hydrogens (tertiary/aromatic N) is 4. The third-order valence-corrected chi connectivity index (χ3v) is 7.84. The van der Waals surface area contributed by atoms with Gasteiger partial charge >= 0.3 is 0 Å². The van der Waals surface area contributed by atoms with Crippen LogP contribution in [-0.2, 0) is 0 Å². The van der Waals surface area contributed by atoms with Crippen molar-refractivity contribution in [3.8, 4) is 28.6 Å². The summed E-state index contributed by atoms with van der Waals surface area (Å²) in [6, 6.07) is 45.0. The van der Waals surface area contributed by atoms with E-state index in [4.69, 9.17) is 0 Å². The van der Waals surface area contributed by atoms with Gasteiger partial charge in [0.05, 0.1) is 27.6 Å². The summed E-state index contributed by atoms with van der Waals surface area (Å²) >= 11 is 0. The molecule has 0 saturated carbocycles. The maximum absolute atomic E-state index is 9.70. The summed E-state index contributed by atoms with van der Waals surface area (Å²) in [6.45, 7) is 0. The number of fused-ring (bicyclic) bond motifs is 7. The van der Waals surface area contributed by atoms with E-state index in [2.05, 4.69) is 135 Å². The molecule has 0 fully saturated rings. The van der Waals surface area contributed by atoms with E-state index in [1.807, 2.05) is 6.07 Å². The molecule has 0 atom stereocenters. The Balaban J connectivity index is 1.51. The highest BCUT2D eigenvalue weighted by molar-refractivity contribution is 6.26. The molecule has 0 aliphatic rings. The number of benzene rings is 5. The van der Waals surface area contributed by atoms with Crippen molar-refractivity contribution in [2.75, 3.05) is 0 Å². The van der Waals surface area contributed by atoms with Gasteiger partial charge in [0, 0.05) is 50.9 Å². The Kier molecular flexibility index (Phi) is 4.85. The van der Waals surface area contributed by atoms with Crippen LogP contribution >= 0.6 is 0 Å². The molecule has 0 amide bonds.